The zero-order valence-electron chi connectivity index (χ0n) is 19.8. The van der Waals surface area contributed by atoms with Crippen LogP contribution in [0.25, 0.3) is 28.0 Å². The minimum atomic E-state index is -1.01. The Morgan fingerprint density at radius 1 is 1.06 bits per heavy atom. The van der Waals surface area contributed by atoms with Crippen LogP contribution in [0.3, 0.4) is 0 Å². The lowest BCUT2D eigenvalue weighted by Gasteiger charge is -2.16. The van der Waals surface area contributed by atoms with E-state index >= 15 is 0 Å². The van der Waals surface area contributed by atoms with Gasteiger partial charge in [0.15, 0.2) is 0 Å². The lowest BCUT2D eigenvalue weighted by Crippen LogP contribution is -2.08. The Hall–Kier alpha value is -4.06. The van der Waals surface area contributed by atoms with Gasteiger partial charge in [0, 0.05) is 11.6 Å². The second-order valence-corrected chi connectivity index (χ2v) is 8.52. The number of imidazole rings is 1. The summed E-state index contributed by atoms with van der Waals surface area (Å²) < 4.78 is 13.3. The van der Waals surface area contributed by atoms with E-state index < -0.39 is 5.97 Å². The van der Waals surface area contributed by atoms with Crippen molar-refractivity contribution in [2.24, 2.45) is 0 Å². The van der Waals surface area contributed by atoms with E-state index in [-0.39, 0.29) is 18.2 Å². The van der Waals surface area contributed by atoms with Crippen LogP contribution in [0.4, 0.5) is 0 Å². The Kier molecular flexibility index (Phi) is 6.41. The predicted octanol–water partition coefficient (Wildman–Crippen LogP) is 6.39. The Morgan fingerprint density at radius 3 is 2.41 bits per heavy atom. The first-order chi connectivity index (χ1) is 16.3. The molecule has 0 bridgehead atoms. The molecule has 0 spiro atoms. The number of carbonyl (C=O) groups is 1. The van der Waals surface area contributed by atoms with Crippen molar-refractivity contribution in [3.63, 3.8) is 0 Å². The highest BCUT2D eigenvalue weighted by Gasteiger charge is 2.21. The normalized spacial score (nSPS) is 11.1. The minimum absolute atomic E-state index is 0.0860. The second-order valence-electron chi connectivity index (χ2n) is 8.52. The summed E-state index contributed by atoms with van der Waals surface area (Å²) in [7, 11) is 1.63. The SMILES string of the molecule is C=C(COc1ccc(C(=O)O)c(-c2nc3ccc(C)cc3n2C(C)C)c1)c1ccc(OC)cc1. The highest BCUT2D eigenvalue weighted by molar-refractivity contribution is 5.96. The maximum Gasteiger partial charge on any atom is 0.336 e. The largest absolute Gasteiger partial charge is 0.497 e. The fourth-order valence-electron chi connectivity index (χ4n) is 3.98. The van der Waals surface area contributed by atoms with Crippen LogP contribution in [0, 0.1) is 6.92 Å². The summed E-state index contributed by atoms with van der Waals surface area (Å²) in [6, 6.07) is 18.7. The molecule has 1 heterocycles. The average Bonchev–Trinajstić information content (AvgIpc) is 3.21. The van der Waals surface area contributed by atoms with Gasteiger partial charge in [-0.1, -0.05) is 24.8 Å². The van der Waals surface area contributed by atoms with Crippen molar-refractivity contribution >= 4 is 22.6 Å². The number of nitrogens with zero attached hydrogens (tertiary/aromatic N) is 2. The van der Waals surface area contributed by atoms with Gasteiger partial charge in [0.2, 0.25) is 0 Å². The van der Waals surface area contributed by atoms with Gasteiger partial charge in [-0.15, -0.1) is 0 Å². The number of aryl methyl sites for hydroxylation is 1. The molecule has 0 aliphatic carbocycles. The number of hydrogen-bond donors (Lipinski definition) is 1. The molecule has 0 amide bonds. The summed E-state index contributed by atoms with van der Waals surface area (Å²) in [5.74, 6) is 0.915. The molecule has 0 radical (unpaired) electrons. The first kappa shape index (κ1) is 23.1. The number of aromatic carboxylic acids is 1. The van der Waals surface area contributed by atoms with Crippen molar-refractivity contribution in [2.45, 2.75) is 26.8 Å². The maximum atomic E-state index is 12.1. The van der Waals surface area contributed by atoms with Crippen LogP contribution in [-0.4, -0.2) is 34.3 Å². The lowest BCUT2D eigenvalue weighted by molar-refractivity contribution is 0.0697. The van der Waals surface area contributed by atoms with E-state index in [1.54, 1.807) is 25.3 Å². The van der Waals surface area contributed by atoms with Crippen LogP contribution in [-0.2, 0) is 0 Å². The highest BCUT2D eigenvalue weighted by atomic mass is 16.5. The number of fused-ring (bicyclic) bond motifs is 1. The van der Waals surface area contributed by atoms with Gasteiger partial charge >= 0.3 is 5.97 Å². The molecule has 0 aliphatic rings. The fourth-order valence-corrected chi connectivity index (χ4v) is 3.98. The zero-order valence-corrected chi connectivity index (χ0v) is 19.8. The number of rotatable bonds is 8. The van der Waals surface area contributed by atoms with Gasteiger partial charge in [0.1, 0.15) is 23.9 Å². The van der Waals surface area contributed by atoms with E-state index in [0.29, 0.717) is 17.1 Å². The number of carboxylic acid groups (broad SMARTS) is 1. The van der Waals surface area contributed by atoms with E-state index in [2.05, 4.69) is 31.1 Å². The topological polar surface area (TPSA) is 73.6 Å². The molecule has 0 unspecified atom stereocenters. The van der Waals surface area contributed by atoms with Gasteiger partial charge in [0.25, 0.3) is 0 Å². The Bertz CT molecular complexity index is 1370. The van der Waals surface area contributed by atoms with Crippen molar-refractivity contribution in [1.82, 2.24) is 9.55 Å². The Balaban J connectivity index is 1.70. The molecule has 0 aliphatic heterocycles. The van der Waals surface area contributed by atoms with Gasteiger partial charge in [-0.05, 0) is 79.9 Å². The smallest absolute Gasteiger partial charge is 0.336 e. The predicted molar refractivity (Wildman–Crippen MR) is 135 cm³/mol. The van der Waals surface area contributed by atoms with Crippen molar-refractivity contribution in [1.29, 1.82) is 0 Å². The van der Waals surface area contributed by atoms with Crippen molar-refractivity contribution in [3.8, 4) is 22.9 Å². The summed E-state index contributed by atoms with van der Waals surface area (Å²) in [6.45, 7) is 10.5. The molecule has 6 heteroatoms. The number of carboxylic acids is 1. The fraction of sp³-hybridized carbons (Fsp3) is 0.214. The Morgan fingerprint density at radius 2 is 1.76 bits per heavy atom. The zero-order chi connectivity index (χ0) is 24.4. The van der Waals surface area contributed by atoms with Gasteiger partial charge in [0.05, 0.1) is 23.7 Å². The van der Waals surface area contributed by atoms with Crippen LogP contribution in [0.5, 0.6) is 11.5 Å². The quantitative estimate of drug-likeness (QED) is 0.332. The molecule has 6 nitrogen and oxygen atoms in total. The molecule has 1 aromatic heterocycles. The first-order valence-corrected chi connectivity index (χ1v) is 11.1. The van der Waals surface area contributed by atoms with E-state index in [0.717, 1.165) is 33.5 Å². The molecule has 4 rings (SSSR count). The van der Waals surface area contributed by atoms with Crippen molar-refractivity contribution in [3.05, 3.63) is 83.9 Å². The first-order valence-electron chi connectivity index (χ1n) is 11.1. The average molecular weight is 457 g/mol. The third kappa shape index (κ3) is 4.53. The van der Waals surface area contributed by atoms with Gasteiger partial charge in [-0.2, -0.15) is 0 Å². The highest BCUT2D eigenvalue weighted by Crippen LogP contribution is 2.33. The lowest BCUT2D eigenvalue weighted by atomic mass is 10.1. The molecule has 0 saturated heterocycles. The van der Waals surface area contributed by atoms with E-state index in [1.165, 1.54) is 0 Å². The number of methoxy groups -OCH3 is 1. The third-order valence-electron chi connectivity index (χ3n) is 5.74. The third-order valence-corrected chi connectivity index (χ3v) is 5.74. The molecule has 34 heavy (non-hydrogen) atoms. The van der Waals surface area contributed by atoms with Gasteiger partial charge < -0.3 is 19.1 Å². The van der Waals surface area contributed by atoms with Crippen molar-refractivity contribution < 1.29 is 19.4 Å². The molecular weight excluding hydrogens is 428 g/mol. The van der Waals surface area contributed by atoms with Crippen LogP contribution in [0.15, 0.2) is 67.2 Å². The second kappa shape index (κ2) is 9.43. The Labute approximate surface area is 199 Å². The summed E-state index contributed by atoms with van der Waals surface area (Å²) in [6.07, 6.45) is 0. The summed E-state index contributed by atoms with van der Waals surface area (Å²) in [4.78, 5) is 16.9. The molecule has 4 aromatic rings. The number of aromatic nitrogens is 2. The number of hydrogen-bond acceptors (Lipinski definition) is 4. The van der Waals surface area contributed by atoms with E-state index in [4.69, 9.17) is 14.5 Å². The molecule has 0 atom stereocenters. The summed E-state index contributed by atoms with van der Waals surface area (Å²) in [5.41, 5.74) is 5.35. The molecular formula is C28H28N2O4. The summed E-state index contributed by atoms with van der Waals surface area (Å²) >= 11 is 0. The van der Waals surface area contributed by atoms with Crippen LogP contribution in [0.2, 0.25) is 0 Å². The van der Waals surface area contributed by atoms with Crippen LogP contribution >= 0.6 is 0 Å². The standard InChI is InChI=1S/C28H28N2O4/c1-17(2)30-26-14-18(3)6-13-25(26)29-27(30)24-15-22(11-12-23(24)28(31)32)34-16-19(4)20-7-9-21(33-5)10-8-20/h6-15,17H,4,16H2,1-3,5H3,(H,31,32). The maximum absolute atomic E-state index is 12.1. The van der Waals surface area contributed by atoms with Gasteiger partial charge in [-0.3, -0.25) is 0 Å². The van der Waals surface area contributed by atoms with Crippen LogP contribution in [0.1, 0.15) is 41.4 Å². The van der Waals surface area contributed by atoms with Crippen molar-refractivity contribution in [2.75, 3.05) is 13.7 Å². The van der Waals surface area contributed by atoms with Crippen LogP contribution < -0.4 is 9.47 Å². The monoisotopic (exact) mass is 456 g/mol. The molecule has 3 aromatic carbocycles. The van der Waals surface area contributed by atoms with Gasteiger partial charge in [-0.25, -0.2) is 9.78 Å². The molecule has 174 valence electrons. The molecule has 0 saturated carbocycles. The van der Waals surface area contributed by atoms with E-state index in [9.17, 15) is 9.90 Å². The molecule has 1 N–H and O–H groups in total. The minimum Gasteiger partial charge on any atom is -0.497 e. The number of ether oxygens (including phenoxy) is 2. The molecule has 0 fully saturated rings. The number of benzene rings is 3. The summed E-state index contributed by atoms with van der Waals surface area (Å²) in [5, 5.41) is 9.87. The van der Waals surface area contributed by atoms with E-state index in [1.807, 2.05) is 43.3 Å².